The molecule has 0 bridgehead atoms. The van der Waals surface area contributed by atoms with Gasteiger partial charge >= 0.3 is 18.1 Å². The number of fused-ring (bicyclic) bond motifs is 2. The predicted octanol–water partition coefficient (Wildman–Crippen LogP) is 11.6. The molecule has 0 spiro atoms. The normalized spacial score (nSPS) is 17.0. The third-order valence-corrected chi connectivity index (χ3v) is 12.9. The number of aliphatic carboxylic acids is 1. The summed E-state index contributed by atoms with van der Waals surface area (Å²) in [6.07, 6.45) is 2.31. The molecule has 2 aliphatic carbocycles. The molecule has 76 heavy (non-hydrogen) atoms. The number of nitrogens with one attached hydrogen (secondary N) is 3. The van der Waals surface area contributed by atoms with E-state index in [-0.39, 0.29) is 68.8 Å². The third-order valence-electron chi connectivity index (χ3n) is 11.8. The Morgan fingerprint density at radius 3 is 1.43 bits per heavy atom. The van der Waals surface area contributed by atoms with Crippen molar-refractivity contribution in [1.82, 2.24) is 25.9 Å². The predicted molar refractivity (Wildman–Crippen MR) is 283 cm³/mol. The molecule has 24 heteroatoms. The molecule has 0 atom stereocenters. The highest BCUT2D eigenvalue weighted by atomic mass is 35.5. The Kier molecular flexibility index (Phi) is 23.1. The smallest absolute Gasteiger partial charge is 0.484 e. The van der Waals surface area contributed by atoms with E-state index < -0.39 is 29.7 Å². The van der Waals surface area contributed by atoms with E-state index in [2.05, 4.69) is 25.9 Å². The van der Waals surface area contributed by atoms with Crippen molar-refractivity contribution < 1.29 is 69.9 Å². The molecule has 8 rings (SSSR count). The summed E-state index contributed by atoms with van der Waals surface area (Å²) in [7, 11) is 0. The highest BCUT2D eigenvalue weighted by molar-refractivity contribution is 6.32. The maximum Gasteiger partial charge on any atom is 0.490 e. The zero-order valence-electron chi connectivity index (χ0n) is 40.2. The number of benzene rings is 4. The lowest BCUT2D eigenvalue weighted by Gasteiger charge is -2.29. The van der Waals surface area contributed by atoms with Crippen molar-refractivity contribution in [3.63, 3.8) is 0 Å². The maximum atomic E-state index is 13.5. The number of aromatic nitrogens is 2. The largest absolute Gasteiger partial charge is 0.490 e. The van der Waals surface area contributed by atoms with Crippen LogP contribution < -0.4 is 31.2 Å². The van der Waals surface area contributed by atoms with E-state index in [1.54, 1.807) is 42.5 Å². The van der Waals surface area contributed by atoms with Crippen LogP contribution in [0.1, 0.15) is 76.6 Å². The van der Waals surface area contributed by atoms with Gasteiger partial charge in [-0.1, -0.05) is 58.5 Å². The average Bonchev–Trinajstić information content (AvgIpc) is 3.39. The molecule has 0 saturated heterocycles. The number of ether oxygens (including phenoxy) is 2. The van der Waals surface area contributed by atoms with E-state index in [4.69, 9.17) is 76.6 Å². The number of carbonyl (C=O) groups excluding carboxylic acids is 3. The number of rotatable bonds is 13. The fourth-order valence-corrected chi connectivity index (χ4v) is 8.39. The van der Waals surface area contributed by atoms with E-state index in [1.807, 2.05) is 12.1 Å². The van der Waals surface area contributed by atoms with Crippen LogP contribution >= 0.6 is 46.4 Å². The molecular formula is C52H57Cl4F5N6O9. The van der Waals surface area contributed by atoms with Gasteiger partial charge in [-0.2, -0.15) is 13.2 Å². The molecule has 7 N–H and O–H groups in total. The number of alkyl halides is 3. The van der Waals surface area contributed by atoms with Gasteiger partial charge in [0.1, 0.15) is 34.5 Å². The zero-order valence-corrected chi connectivity index (χ0v) is 43.2. The number of nitrogens with two attached hydrogens (primary N) is 1. The minimum Gasteiger partial charge on any atom is -0.484 e. The first-order valence-electron chi connectivity index (χ1n) is 23.5. The quantitative estimate of drug-likeness (QED) is 0.0593. The Hall–Kier alpha value is -6.58. The van der Waals surface area contributed by atoms with Crippen molar-refractivity contribution in [1.29, 1.82) is 0 Å². The van der Waals surface area contributed by atoms with Crippen LogP contribution in [-0.4, -0.2) is 94.4 Å². The Balaban J connectivity index is 0.000000404. The number of amides is 3. The Labute approximate surface area is 457 Å². The lowest BCUT2D eigenvalue weighted by Crippen LogP contribution is -2.41. The molecule has 6 aromatic rings. The lowest BCUT2D eigenvalue weighted by atomic mass is 9.86. The third kappa shape index (κ3) is 19.8. The fourth-order valence-electron chi connectivity index (χ4n) is 7.79. The zero-order chi connectivity index (χ0) is 55.5. The van der Waals surface area contributed by atoms with Crippen molar-refractivity contribution >= 4 is 97.9 Å². The van der Waals surface area contributed by atoms with Gasteiger partial charge in [0.2, 0.25) is 0 Å². The molecule has 2 heterocycles. The number of nitrogens with zero attached hydrogens (tertiary/aromatic N) is 2. The number of carboxylic acid groups (broad SMARTS) is 2. The van der Waals surface area contributed by atoms with E-state index in [0.29, 0.717) is 51.9 Å². The maximum absolute atomic E-state index is 13.5. The lowest BCUT2D eigenvalue weighted by molar-refractivity contribution is -0.192. The van der Waals surface area contributed by atoms with E-state index in [0.717, 1.165) is 73.7 Å². The molecule has 3 amide bonds. The van der Waals surface area contributed by atoms with Gasteiger partial charge < -0.3 is 41.4 Å². The van der Waals surface area contributed by atoms with Crippen LogP contribution in [0.2, 0.25) is 20.1 Å². The van der Waals surface area contributed by atoms with E-state index >= 15 is 0 Å². The van der Waals surface area contributed by atoms with Crippen LogP contribution in [0.5, 0.6) is 11.5 Å². The number of carbonyl (C=O) groups is 5. The summed E-state index contributed by atoms with van der Waals surface area (Å²) < 4.78 is 69.0. The number of pyridine rings is 2. The number of halogens is 9. The summed E-state index contributed by atoms with van der Waals surface area (Å²) in [5.74, 6) is -4.13. The molecule has 0 radical (unpaired) electrons. The Morgan fingerprint density at radius 1 is 0.605 bits per heavy atom. The molecule has 15 nitrogen and oxygen atoms in total. The van der Waals surface area contributed by atoms with Gasteiger partial charge in [-0.05, 0) is 143 Å². The highest BCUT2D eigenvalue weighted by Crippen LogP contribution is 2.27. The summed E-state index contributed by atoms with van der Waals surface area (Å²) in [6, 6.07) is 25.6. The average molecular weight is 1150 g/mol. The van der Waals surface area contributed by atoms with Crippen molar-refractivity contribution in [3.05, 3.63) is 140 Å². The minimum atomic E-state index is -5.08. The van der Waals surface area contributed by atoms with Crippen LogP contribution in [0.25, 0.3) is 21.8 Å². The summed E-state index contributed by atoms with van der Waals surface area (Å²) in [4.78, 5) is 64.4. The van der Waals surface area contributed by atoms with Gasteiger partial charge in [-0.25, -0.2) is 28.3 Å². The molecule has 0 unspecified atom stereocenters. The molecule has 2 fully saturated rings. The van der Waals surface area contributed by atoms with Crippen molar-refractivity contribution in [2.45, 2.75) is 69.6 Å². The number of aromatic carboxylic acids is 1. The second kappa shape index (κ2) is 29.1. The van der Waals surface area contributed by atoms with Crippen LogP contribution in [0.4, 0.5) is 22.0 Å². The van der Waals surface area contributed by atoms with Gasteiger partial charge in [0.05, 0.1) is 21.1 Å². The fraction of sp³-hybridized carbons (Fsp3) is 0.327. The topological polar surface area (TPSA) is 232 Å². The van der Waals surface area contributed by atoms with Crippen molar-refractivity contribution in [3.8, 4) is 11.5 Å². The van der Waals surface area contributed by atoms with Gasteiger partial charge in [0.15, 0.2) is 13.2 Å². The summed E-state index contributed by atoms with van der Waals surface area (Å²) in [5, 5.41) is 27.7. The molecule has 2 aromatic heterocycles. The van der Waals surface area contributed by atoms with Gasteiger partial charge in [-0.15, -0.1) is 0 Å². The van der Waals surface area contributed by atoms with Crippen LogP contribution in [0, 0.1) is 23.5 Å². The van der Waals surface area contributed by atoms with Gasteiger partial charge in [-0.3, -0.25) is 14.4 Å². The molecule has 4 aromatic carbocycles. The second-order valence-corrected chi connectivity index (χ2v) is 19.1. The van der Waals surface area contributed by atoms with Gasteiger partial charge in [0.25, 0.3) is 17.7 Å². The van der Waals surface area contributed by atoms with Crippen LogP contribution in [0.15, 0.2) is 97.1 Å². The van der Waals surface area contributed by atoms with Gasteiger partial charge in [0, 0.05) is 55.9 Å². The summed E-state index contributed by atoms with van der Waals surface area (Å²) >= 11 is 23.0. The first-order valence-corrected chi connectivity index (χ1v) is 25.0. The van der Waals surface area contributed by atoms with E-state index in [1.165, 1.54) is 36.4 Å². The van der Waals surface area contributed by atoms with Crippen LogP contribution in [-0.2, 0) is 14.4 Å². The standard InChI is InChI=1S/C25H24Cl2FN3O3.C15H20ClFN2O2.C10H6ClNO2.C2HF3O2.3H2/c26-17-4-10-22-16(11-17)3-9-23(31-22)25(33)29-13-15-1-5-18(6-2-15)30-24(32)14-34-19-7-8-20(27)21(28)12-19;16-13-6-5-12(7-14(13)17)21-9-15(20)19-11-3-1-10(8-18)2-4-11;11-7-2-4-8-6(5-7)1-3-9(12-8)10(13)14;3-2(4,5)1(6)7;;;/h3-4,7-12,15,18H,1-2,5-6,13-14H2,(H,29,33)(H,30,32);5-7,10-11H,1-4,8-9,18H2,(H,19,20);1-5H,(H,13,14);(H,6,7);3*1H. The Morgan fingerprint density at radius 2 is 1.03 bits per heavy atom. The molecular weight excluding hydrogens is 1090 g/mol. The van der Waals surface area contributed by atoms with Crippen molar-refractivity contribution in [2.24, 2.45) is 17.6 Å². The van der Waals surface area contributed by atoms with E-state index in [9.17, 15) is 41.1 Å². The monoisotopic (exact) mass is 1140 g/mol. The number of hydrogen-bond acceptors (Lipinski definition) is 10. The minimum absolute atomic E-state index is 0. The highest BCUT2D eigenvalue weighted by Gasteiger charge is 2.38. The summed E-state index contributed by atoms with van der Waals surface area (Å²) in [6.45, 7) is 0.955. The van der Waals surface area contributed by atoms with Crippen molar-refractivity contribution in [2.75, 3.05) is 26.3 Å². The first-order chi connectivity index (χ1) is 36.1. The molecule has 2 saturated carbocycles. The molecule has 0 aliphatic heterocycles. The Bertz CT molecular complexity index is 3000. The summed E-state index contributed by atoms with van der Waals surface area (Å²) in [5.41, 5.74) is 7.41. The van der Waals surface area contributed by atoms with Crippen LogP contribution in [0.3, 0.4) is 0 Å². The number of hydrogen-bond donors (Lipinski definition) is 6. The molecule has 2 aliphatic rings. The SMILES string of the molecule is NCC1CCC(NC(=O)COc2ccc(Cl)c(F)c2)CC1.O=C(COc1ccc(Cl)c(F)c1)NC1CCC(CNC(=O)c2ccc3cc(Cl)ccc3n2)CC1.O=C(O)C(F)(F)F.O=C(O)c1ccc2cc(Cl)ccc2n1.[HH].[HH].[HH]. The number of carboxylic acids is 2. The first kappa shape index (κ1) is 60.3. The molecule has 412 valence electrons. The second-order valence-electron chi connectivity index (χ2n) is 17.4.